The number of ketones is 1. The van der Waals surface area contributed by atoms with Gasteiger partial charge in [0.15, 0.2) is 0 Å². The lowest BCUT2D eigenvalue weighted by atomic mass is 9.70. The van der Waals surface area contributed by atoms with Crippen molar-refractivity contribution in [2.75, 3.05) is 38.5 Å². The number of sulfonamides is 1. The second-order valence-corrected chi connectivity index (χ2v) is 12.0. The fourth-order valence-electron chi connectivity index (χ4n) is 5.47. The predicted octanol–water partition coefficient (Wildman–Crippen LogP) is 2.63. The van der Waals surface area contributed by atoms with E-state index in [-0.39, 0.29) is 17.0 Å². The molecule has 2 bridgehead atoms. The number of carbonyl (C=O) groups is 1. The van der Waals surface area contributed by atoms with Gasteiger partial charge in [0, 0.05) is 49.4 Å². The summed E-state index contributed by atoms with van der Waals surface area (Å²) in [5, 5.41) is 2.10. The van der Waals surface area contributed by atoms with E-state index >= 15 is 0 Å². The van der Waals surface area contributed by atoms with Crippen molar-refractivity contribution in [1.82, 2.24) is 9.21 Å². The van der Waals surface area contributed by atoms with E-state index in [1.54, 1.807) is 15.6 Å². The van der Waals surface area contributed by atoms with Gasteiger partial charge in [-0.2, -0.15) is 4.31 Å². The van der Waals surface area contributed by atoms with Crippen molar-refractivity contribution in [3.8, 4) is 0 Å². The van der Waals surface area contributed by atoms with Gasteiger partial charge >= 0.3 is 0 Å². The molecule has 2 atom stereocenters. The SMILES string of the molecule is CC1(C)[C@H]2CCC1(CS(=O)(=O)N1CCN(CCc3cccs3)CC1)C(=O)C2. The predicted molar refractivity (Wildman–Crippen MR) is 108 cm³/mol. The van der Waals surface area contributed by atoms with Crippen molar-refractivity contribution in [1.29, 1.82) is 0 Å². The zero-order chi connectivity index (χ0) is 19.3. The molecule has 1 aliphatic heterocycles. The quantitative estimate of drug-likeness (QED) is 0.723. The Morgan fingerprint density at radius 1 is 1.22 bits per heavy atom. The Balaban J connectivity index is 1.37. The highest BCUT2D eigenvalue weighted by Gasteiger charge is 2.65. The number of rotatable bonds is 6. The minimum atomic E-state index is -3.41. The lowest BCUT2D eigenvalue weighted by Crippen LogP contribution is -2.52. The van der Waals surface area contributed by atoms with Crippen molar-refractivity contribution in [2.24, 2.45) is 16.7 Å². The van der Waals surface area contributed by atoms with Crippen LogP contribution in [0.1, 0.15) is 38.0 Å². The highest BCUT2D eigenvalue weighted by atomic mass is 32.2. The summed E-state index contributed by atoms with van der Waals surface area (Å²) in [5.74, 6) is 0.550. The molecule has 150 valence electrons. The topological polar surface area (TPSA) is 57.7 Å². The van der Waals surface area contributed by atoms with Gasteiger partial charge in [0.1, 0.15) is 5.78 Å². The van der Waals surface area contributed by atoms with Gasteiger partial charge in [-0.05, 0) is 42.0 Å². The van der Waals surface area contributed by atoms with Gasteiger partial charge in [0.05, 0.1) is 5.75 Å². The molecular formula is C20H30N2O3S2. The van der Waals surface area contributed by atoms with Crippen LogP contribution in [0.2, 0.25) is 0 Å². The number of Topliss-reactive ketones (excluding diaryl/α,β-unsaturated/α-hetero) is 1. The van der Waals surface area contributed by atoms with Crippen LogP contribution in [-0.4, -0.2) is 61.9 Å². The summed E-state index contributed by atoms with van der Waals surface area (Å²) in [7, 11) is -3.41. The van der Waals surface area contributed by atoms with Gasteiger partial charge < -0.3 is 4.90 Å². The fourth-order valence-corrected chi connectivity index (χ4v) is 8.37. The molecule has 5 nitrogen and oxygen atoms in total. The smallest absolute Gasteiger partial charge is 0.215 e. The summed E-state index contributed by atoms with van der Waals surface area (Å²) in [6.45, 7) is 7.82. The molecule has 3 aliphatic rings. The maximum absolute atomic E-state index is 13.2. The van der Waals surface area contributed by atoms with Crippen molar-refractivity contribution in [3.05, 3.63) is 22.4 Å². The molecule has 7 heteroatoms. The van der Waals surface area contributed by atoms with Crippen LogP contribution in [0.25, 0.3) is 0 Å². The van der Waals surface area contributed by atoms with Crippen LogP contribution in [0.4, 0.5) is 0 Å². The van der Waals surface area contributed by atoms with E-state index in [4.69, 9.17) is 0 Å². The first-order chi connectivity index (χ1) is 12.7. The summed E-state index contributed by atoms with van der Waals surface area (Å²) < 4.78 is 28.0. The molecule has 1 aromatic rings. The minimum Gasteiger partial charge on any atom is -0.300 e. The Morgan fingerprint density at radius 3 is 2.52 bits per heavy atom. The monoisotopic (exact) mass is 410 g/mol. The van der Waals surface area contributed by atoms with E-state index in [0.29, 0.717) is 25.4 Å². The van der Waals surface area contributed by atoms with Crippen molar-refractivity contribution in [3.63, 3.8) is 0 Å². The first-order valence-electron chi connectivity index (χ1n) is 10.0. The second-order valence-electron chi connectivity index (χ2n) is 8.99. The molecule has 4 rings (SSSR count). The molecule has 1 saturated heterocycles. The van der Waals surface area contributed by atoms with Gasteiger partial charge in [-0.1, -0.05) is 19.9 Å². The zero-order valence-electron chi connectivity index (χ0n) is 16.3. The van der Waals surface area contributed by atoms with E-state index in [1.165, 1.54) is 4.88 Å². The average molecular weight is 411 g/mol. The van der Waals surface area contributed by atoms with Crippen LogP contribution in [0, 0.1) is 16.7 Å². The Hall–Kier alpha value is -0.760. The van der Waals surface area contributed by atoms with Crippen LogP contribution in [-0.2, 0) is 21.2 Å². The largest absolute Gasteiger partial charge is 0.300 e. The van der Waals surface area contributed by atoms with Crippen molar-refractivity contribution < 1.29 is 13.2 Å². The van der Waals surface area contributed by atoms with E-state index in [9.17, 15) is 13.2 Å². The third kappa shape index (κ3) is 3.30. The molecule has 2 aliphatic carbocycles. The molecule has 27 heavy (non-hydrogen) atoms. The lowest BCUT2D eigenvalue weighted by Gasteiger charge is -2.39. The molecule has 1 unspecified atom stereocenters. The highest BCUT2D eigenvalue weighted by Crippen LogP contribution is 2.64. The van der Waals surface area contributed by atoms with E-state index < -0.39 is 15.4 Å². The van der Waals surface area contributed by atoms with Gasteiger partial charge in [-0.3, -0.25) is 4.79 Å². The molecule has 3 fully saturated rings. The molecule has 0 radical (unpaired) electrons. The average Bonchev–Trinajstić information content (AvgIpc) is 3.26. The van der Waals surface area contributed by atoms with E-state index in [0.717, 1.165) is 38.9 Å². The number of hydrogen-bond donors (Lipinski definition) is 0. The first kappa shape index (κ1) is 19.6. The summed E-state index contributed by atoms with van der Waals surface area (Å²) in [6, 6.07) is 4.23. The molecular weight excluding hydrogens is 380 g/mol. The standard InChI is InChI=1S/C20H30N2O3S2/c1-19(2)16-5-7-20(19,18(23)14-16)15-27(24,25)22-11-9-21(10-12-22)8-6-17-4-3-13-26-17/h3-4,13,16H,5-12,14-15H2,1-2H3/t16-,20?/m0/s1. The summed E-state index contributed by atoms with van der Waals surface area (Å²) in [6.07, 6.45) is 3.32. The molecule has 0 aromatic carbocycles. The van der Waals surface area contributed by atoms with Crippen LogP contribution in [0.5, 0.6) is 0 Å². The number of carbonyl (C=O) groups excluding carboxylic acids is 1. The van der Waals surface area contributed by atoms with Crippen LogP contribution in [0.15, 0.2) is 17.5 Å². The first-order valence-corrected chi connectivity index (χ1v) is 12.5. The molecule has 0 N–H and O–H groups in total. The molecule has 0 amide bonds. The van der Waals surface area contributed by atoms with Crippen molar-refractivity contribution >= 4 is 27.1 Å². The number of hydrogen-bond acceptors (Lipinski definition) is 5. The third-order valence-corrected chi connectivity index (χ3v) is 10.5. The Morgan fingerprint density at radius 2 is 1.96 bits per heavy atom. The molecule has 0 spiro atoms. The lowest BCUT2D eigenvalue weighted by molar-refractivity contribution is -0.128. The second kappa shape index (κ2) is 6.94. The molecule has 2 saturated carbocycles. The zero-order valence-corrected chi connectivity index (χ0v) is 17.9. The van der Waals surface area contributed by atoms with Crippen LogP contribution >= 0.6 is 11.3 Å². The van der Waals surface area contributed by atoms with Crippen LogP contribution < -0.4 is 0 Å². The maximum atomic E-state index is 13.2. The highest BCUT2D eigenvalue weighted by molar-refractivity contribution is 7.89. The minimum absolute atomic E-state index is 0.0114. The normalized spacial score (nSPS) is 31.6. The summed E-state index contributed by atoms with van der Waals surface area (Å²) in [4.78, 5) is 16.4. The summed E-state index contributed by atoms with van der Waals surface area (Å²) in [5.41, 5.74) is -0.855. The number of fused-ring (bicyclic) bond motifs is 2. The van der Waals surface area contributed by atoms with Gasteiger partial charge in [-0.15, -0.1) is 11.3 Å². The number of nitrogens with zero attached hydrogens (tertiary/aromatic N) is 2. The third-order valence-electron chi connectivity index (χ3n) is 7.55. The van der Waals surface area contributed by atoms with Crippen molar-refractivity contribution in [2.45, 2.75) is 39.5 Å². The maximum Gasteiger partial charge on any atom is 0.215 e. The number of thiophene rings is 1. The molecule has 2 heterocycles. The van der Waals surface area contributed by atoms with Crippen LogP contribution in [0.3, 0.4) is 0 Å². The number of piperazine rings is 1. The molecule has 1 aromatic heterocycles. The van der Waals surface area contributed by atoms with E-state index in [2.05, 4.69) is 36.3 Å². The van der Waals surface area contributed by atoms with E-state index in [1.807, 2.05) is 0 Å². The Labute approximate surface area is 166 Å². The Bertz CT molecular complexity index is 795. The van der Waals surface area contributed by atoms with Gasteiger partial charge in [-0.25, -0.2) is 8.42 Å². The van der Waals surface area contributed by atoms with Gasteiger partial charge in [0.2, 0.25) is 10.0 Å². The fraction of sp³-hybridized carbons (Fsp3) is 0.750. The Kier molecular flexibility index (Phi) is 5.02. The van der Waals surface area contributed by atoms with Gasteiger partial charge in [0.25, 0.3) is 0 Å². The summed E-state index contributed by atoms with van der Waals surface area (Å²) >= 11 is 1.78.